The molecule has 0 N–H and O–H groups in total. The summed E-state index contributed by atoms with van der Waals surface area (Å²) in [4.78, 5) is 32.2. The molecular weight excluding hydrogens is 444 g/mol. The lowest BCUT2D eigenvalue weighted by molar-refractivity contribution is -0.131. The van der Waals surface area contributed by atoms with Gasteiger partial charge in [0, 0.05) is 30.1 Å². The molecule has 2 heterocycles. The van der Waals surface area contributed by atoms with Crippen LogP contribution in [0.3, 0.4) is 0 Å². The molecule has 1 aliphatic carbocycles. The number of likely N-dealkylation sites (tertiary alicyclic amines) is 1. The molecule has 5 nitrogen and oxygen atoms in total. The van der Waals surface area contributed by atoms with Crippen LogP contribution in [-0.2, 0) is 29.9 Å². The van der Waals surface area contributed by atoms with E-state index < -0.39 is 6.04 Å². The van der Waals surface area contributed by atoms with Gasteiger partial charge in [0.05, 0.1) is 0 Å². The van der Waals surface area contributed by atoms with Crippen molar-refractivity contribution in [1.29, 1.82) is 0 Å². The molecule has 1 fully saturated rings. The third kappa shape index (κ3) is 4.44. The van der Waals surface area contributed by atoms with Crippen molar-refractivity contribution in [2.75, 3.05) is 6.54 Å². The number of nitrogens with zero attached hydrogens (tertiary/aromatic N) is 3. The quantitative estimate of drug-likeness (QED) is 0.401. The molecule has 1 aliphatic heterocycles. The highest BCUT2D eigenvalue weighted by atomic mass is 32.2. The van der Waals surface area contributed by atoms with Crippen molar-refractivity contribution in [1.82, 2.24) is 14.5 Å². The molecule has 33 heavy (non-hydrogen) atoms. The average molecular weight is 468 g/mol. The Morgan fingerprint density at radius 2 is 1.61 bits per heavy atom. The zero-order valence-corrected chi connectivity index (χ0v) is 18.8. The smallest absolute Gasteiger partial charge is 0.277 e. The summed E-state index contributed by atoms with van der Waals surface area (Å²) in [5, 5.41) is 0.534. The number of aromatic nitrogens is 2. The minimum Gasteiger partial charge on any atom is -0.336 e. The van der Waals surface area contributed by atoms with Crippen molar-refractivity contribution < 1.29 is 13.6 Å². The van der Waals surface area contributed by atoms with Gasteiger partial charge in [-0.15, -0.1) is 0 Å². The predicted octanol–water partition coefficient (Wildman–Crippen LogP) is 4.28. The van der Waals surface area contributed by atoms with Crippen LogP contribution in [0.15, 0.2) is 58.5 Å². The second-order valence-corrected chi connectivity index (χ2v) is 9.40. The van der Waals surface area contributed by atoms with Crippen molar-refractivity contribution in [3.63, 3.8) is 0 Å². The van der Waals surface area contributed by atoms with E-state index in [2.05, 4.69) is 4.98 Å². The molecule has 3 aromatic rings. The Hall–Kier alpha value is -3.00. The lowest BCUT2D eigenvalue weighted by Gasteiger charge is -2.23. The van der Waals surface area contributed by atoms with Crippen LogP contribution in [0, 0.1) is 11.6 Å². The van der Waals surface area contributed by atoms with Crippen LogP contribution in [-0.4, -0.2) is 26.9 Å². The van der Waals surface area contributed by atoms with Crippen LogP contribution in [0.2, 0.25) is 0 Å². The molecule has 1 atom stereocenters. The summed E-state index contributed by atoms with van der Waals surface area (Å²) in [6.45, 7) is 1.01. The molecule has 8 heteroatoms. The zero-order chi connectivity index (χ0) is 22.9. The van der Waals surface area contributed by atoms with E-state index in [0.29, 0.717) is 42.4 Å². The van der Waals surface area contributed by atoms with Crippen molar-refractivity contribution >= 4 is 17.7 Å². The van der Waals surface area contributed by atoms with Gasteiger partial charge in [-0.1, -0.05) is 36.0 Å². The monoisotopic (exact) mass is 467 g/mol. The van der Waals surface area contributed by atoms with Gasteiger partial charge >= 0.3 is 0 Å². The predicted molar refractivity (Wildman–Crippen MR) is 122 cm³/mol. The van der Waals surface area contributed by atoms with E-state index in [1.165, 1.54) is 36.0 Å². The SMILES string of the molecule is O=C1C(n2c(SCc3ccc(F)cc3)nc(=O)c3c2CCC3)CCN1Cc1ccc(F)cc1. The number of thioether (sulfide) groups is 1. The number of hydrogen-bond acceptors (Lipinski definition) is 4. The van der Waals surface area contributed by atoms with E-state index in [-0.39, 0.29) is 23.1 Å². The van der Waals surface area contributed by atoms with E-state index in [4.69, 9.17) is 0 Å². The summed E-state index contributed by atoms with van der Waals surface area (Å²) in [7, 11) is 0. The number of amides is 1. The Morgan fingerprint density at radius 3 is 2.30 bits per heavy atom. The maximum Gasteiger partial charge on any atom is 0.277 e. The number of carbonyl (C=O) groups excluding carboxylic acids is 1. The molecule has 0 spiro atoms. The number of rotatable bonds is 6. The third-order valence-corrected chi connectivity index (χ3v) is 7.31. The highest BCUT2D eigenvalue weighted by Gasteiger charge is 2.37. The second kappa shape index (κ2) is 9.09. The highest BCUT2D eigenvalue weighted by Crippen LogP contribution is 2.34. The van der Waals surface area contributed by atoms with Crippen LogP contribution in [0.4, 0.5) is 8.78 Å². The van der Waals surface area contributed by atoms with Crippen molar-refractivity contribution in [3.8, 4) is 0 Å². The first kappa shape index (κ1) is 21.8. The number of benzene rings is 2. The molecule has 1 aromatic heterocycles. The maximum atomic E-state index is 13.4. The number of fused-ring (bicyclic) bond motifs is 1. The first-order chi connectivity index (χ1) is 16.0. The van der Waals surface area contributed by atoms with E-state index in [1.807, 2.05) is 4.57 Å². The molecule has 0 bridgehead atoms. The summed E-state index contributed by atoms with van der Waals surface area (Å²) in [5.41, 5.74) is 3.21. The van der Waals surface area contributed by atoms with Gasteiger partial charge < -0.3 is 9.47 Å². The second-order valence-electron chi connectivity index (χ2n) is 8.45. The summed E-state index contributed by atoms with van der Waals surface area (Å²) in [5.74, 6) is -0.0928. The molecule has 1 amide bonds. The number of carbonyl (C=O) groups is 1. The summed E-state index contributed by atoms with van der Waals surface area (Å²) >= 11 is 1.40. The van der Waals surface area contributed by atoms with Crippen LogP contribution in [0.5, 0.6) is 0 Å². The molecule has 5 rings (SSSR count). The first-order valence-electron chi connectivity index (χ1n) is 11.0. The number of halogens is 2. The molecule has 0 radical (unpaired) electrons. The van der Waals surface area contributed by atoms with Gasteiger partial charge in [0.1, 0.15) is 17.7 Å². The molecule has 2 aromatic carbocycles. The minimum absolute atomic E-state index is 0.0116. The average Bonchev–Trinajstić information content (AvgIpc) is 3.43. The maximum absolute atomic E-state index is 13.4. The van der Waals surface area contributed by atoms with Gasteiger partial charge in [-0.3, -0.25) is 9.59 Å². The minimum atomic E-state index is -0.416. The fourth-order valence-corrected chi connectivity index (χ4v) is 5.64. The Morgan fingerprint density at radius 1 is 0.939 bits per heavy atom. The van der Waals surface area contributed by atoms with Crippen LogP contribution >= 0.6 is 11.8 Å². The van der Waals surface area contributed by atoms with Crippen LogP contribution in [0.1, 0.15) is 41.3 Å². The van der Waals surface area contributed by atoms with Crippen molar-refractivity contribution in [2.45, 2.75) is 49.2 Å². The molecule has 170 valence electrons. The van der Waals surface area contributed by atoms with Gasteiger partial charge in [0.25, 0.3) is 5.56 Å². The summed E-state index contributed by atoms with van der Waals surface area (Å²) in [6, 6.07) is 12.0. The van der Waals surface area contributed by atoms with E-state index in [1.54, 1.807) is 29.2 Å². The number of hydrogen-bond donors (Lipinski definition) is 0. The molecule has 0 saturated carbocycles. The molecule has 1 unspecified atom stereocenters. The lowest BCUT2D eigenvalue weighted by Crippen LogP contribution is -2.31. The Labute approximate surface area is 194 Å². The summed E-state index contributed by atoms with van der Waals surface area (Å²) in [6.07, 6.45) is 2.93. The largest absolute Gasteiger partial charge is 0.336 e. The topological polar surface area (TPSA) is 55.2 Å². The van der Waals surface area contributed by atoms with Gasteiger partial charge in [-0.25, -0.2) is 8.78 Å². The van der Waals surface area contributed by atoms with E-state index in [0.717, 1.165) is 29.7 Å². The highest BCUT2D eigenvalue weighted by molar-refractivity contribution is 7.98. The van der Waals surface area contributed by atoms with E-state index >= 15 is 0 Å². The van der Waals surface area contributed by atoms with E-state index in [9.17, 15) is 18.4 Å². The standard InChI is InChI=1S/C25H23F2N3O2S/c26-18-8-4-16(5-9-18)14-29-13-12-22(24(29)32)30-21-3-1-2-20(21)23(31)28-25(30)33-15-17-6-10-19(27)11-7-17/h4-11,22H,1-3,12-15H2. The van der Waals surface area contributed by atoms with Gasteiger partial charge in [-0.2, -0.15) is 4.98 Å². The van der Waals surface area contributed by atoms with Crippen LogP contribution < -0.4 is 5.56 Å². The summed E-state index contributed by atoms with van der Waals surface area (Å²) < 4.78 is 28.5. The Kier molecular flexibility index (Phi) is 6.01. The zero-order valence-electron chi connectivity index (χ0n) is 18.0. The first-order valence-corrected chi connectivity index (χ1v) is 12.0. The molecular formula is C25H23F2N3O2S. The normalized spacial score (nSPS) is 17.6. The van der Waals surface area contributed by atoms with Gasteiger partial charge in [0.15, 0.2) is 5.16 Å². The third-order valence-electron chi connectivity index (χ3n) is 6.29. The van der Waals surface area contributed by atoms with Crippen molar-refractivity contribution in [3.05, 3.63) is 92.9 Å². The van der Waals surface area contributed by atoms with Crippen LogP contribution in [0.25, 0.3) is 0 Å². The molecule has 1 saturated heterocycles. The van der Waals surface area contributed by atoms with Crippen molar-refractivity contribution in [2.24, 2.45) is 0 Å². The van der Waals surface area contributed by atoms with Gasteiger partial charge in [0.2, 0.25) is 5.91 Å². The fourth-order valence-electron chi connectivity index (χ4n) is 4.63. The Balaban J connectivity index is 1.43. The molecule has 2 aliphatic rings. The lowest BCUT2D eigenvalue weighted by atomic mass is 10.2. The van der Waals surface area contributed by atoms with Gasteiger partial charge in [-0.05, 0) is 61.1 Å². The Bertz CT molecular complexity index is 1240. The fraction of sp³-hybridized carbons (Fsp3) is 0.320.